The van der Waals surface area contributed by atoms with Gasteiger partial charge in [0.15, 0.2) is 6.61 Å². The van der Waals surface area contributed by atoms with Gasteiger partial charge in [-0.3, -0.25) is 9.59 Å². The van der Waals surface area contributed by atoms with Crippen molar-refractivity contribution in [2.45, 2.75) is 13.5 Å². The number of benzene rings is 2. The van der Waals surface area contributed by atoms with Crippen LogP contribution in [0.1, 0.15) is 17.3 Å². The van der Waals surface area contributed by atoms with Crippen LogP contribution in [0.25, 0.3) is 0 Å². The lowest BCUT2D eigenvalue weighted by molar-refractivity contribution is -0.119. The van der Waals surface area contributed by atoms with Crippen LogP contribution in [0.5, 0.6) is 5.75 Å². The van der Waals surface area contributed by atoms with E-state index in [0.717, 1.165) is 0 Å². The molecule has 7 nitrogen and oxygen atoms in total. The minimum atomic E-state index is -2.96. The van der Waals surface area contributed by atoms with Gasteiger partial charge in [-0.15, -0.1) is 0 Å². The highest BCUT2D eigenvalue weighted by Gasteiger charge is 2.12. The lowest BCUT2D eigenvalue weighted by atomic mass is 10.2. The molecule has 2 N–H and O–H groups in total. The molecular weight excluding hydrogens is 362 g/mol. The molecule has 0 heterocycles. The van der Waals surface area contributed by atoms with Crippen molar-refractivity contribution in [2.75, 3.05) is 17.2 Å². The van der Waals surface area contributed by atoms with E-state index < -0.39 is 25.1 Å². The van der Waals surface area contributed by atoms with Crippen molar-refractivity contribution in [3.63, 3.8) is 0 Å². The Balaban J connectivity index is 1.86. The first-order valence-electron chi connectivity index (χ1n) is 7.73. The Labute approximate surface area is 153 Å². The van der Waals surface area contributed by atoms with Crippen LogP contribution in [0.15, 0.2) is 48.5 Å². The Hall–Kier alpha value is -3.49. The molecule has 2 amide bonds. The number of hydrogen-bond donors (Lipinski definition) is 2. The van der Waals surface area contributed by atoms with Crippen LogP contribution in [0.3, 0.4) is 0 Å². The summed E-state index contributed by atoms with van der Waals surface area (Å²) in [6.07, 6.45) is 0. The Morgan fingerprint density at radius 1 is 1.00 bits per heavy atom. The maximum absolute atomic E-state index is 12.1. The molecule has 0 aliphatic rings. The largest absolute Gasteiger partial charge is 0.452 e. The molecule has 2 aromatic carbocycles. The van der Waals surface area contributed by atoms with E-state index in [4.69, 9.17) is 4.74 Å². The van der Waals surface area contributed by atoms with Crippen LogP contribution in [0.2, 0.25) is 0 Å². The molecule has 0 radical (unpaired) electrons. The second-order valence-corrected chi connectivity index (χ2v) is 5.29. The number of amides is 2. The molecule has 0 bridgehead atoms. The van der Waals surface area contributed by atoms with Crippen LogP contribution in [-0.4, -0.2) is 31.0 Å². The number of carbonyl (C=O) groups is 3. The van der Waals surface area contributed by atoms with Gasteiger partial charge < -0.3 is 20.1 Å². The number of esters is 1. The van der Waals surface area contributed by atoms with E-state index in [1.54, 1.807) is 24.3 Å². The highest BCUT2D eigenvalue weighted by Crippen LogP contribution is 2.16. The fourth-order valence-corrected chi connectivity index (χ4v) is 2.06. The van der Waals surface area contributed by atoms with Gasteiger partial charge in [0, 0.05) is 18.3 Å². The molecule has 0 aliphatic carbocycles. The third kappa shape index (κ3) is 6.73. The summed E-state index contributed by atoms with van der Waals surface area (Å²) in [4.78, 5) is 34.8. The maximum atomic E-state index is 12.1. The molecule has 2 rings (SSSR count). The molecule has 0 spiro atoms. The monoisotopic (exact) mass is 378 g/mol. The first-order valence-corrected chi connectivity index (χ1v) is 7.73. The van der Waals surface area contributed by atoms with Gasteiger partial charge in [0.1, 0.15) is 5.75 Å². The lowest BCUT2D eigenvalue weighted by Gasteiger charge is -2.09. The minimum Gasteiger partial charge on any atom is -0.452 e. The van der Waals surface area contributed by atoms with Crippen molar-refractivity contribution in [3.8, 4) is 5.75 Å². The number of alkyl halides is 2. The molecule has 0 atom stereocenters. The summed E-state index contributed by atoms with van der Waals surface area (Å²) in [5.74, 6) is -1.72. The number of nitrogens with one attached hydrogen (secondary N) is 2. The summed E-state index contributed by atoms with van der Waals surface area (Å²) < 4.78 is 33.2. The predicted octanol–water partition coefficient (Wildman–Crippen LogP) is 3.04. The van der Waals surface area contributed by atoms with Crippen LogP contribution < -0.4 is 15.4 Å². The number of carbonyl (C=O) groups excluding carboxylic acids is 3. The fraction of sp³-hybridized carbons (Fsp3) is 0.167. The van der Waals surface area contributed by atoms with Gasteiger partial charge >= 0.3 is 12.6 Å². The standard InChI is InChI=1S/C18H16F2N2O5/c1-11(23)21-13-3-2-4-14(9-13)22-16(24)10-26-17(25)12-5-7-15(8-6-12)27-18(19)20/h2-9,18H,10H2,1H3,(H,21,23)(H,22,24). The van der Waals surface area contributed by atoms with Gasteiger partial charge in [-0.1, -0.05) is 6.07 Å². The third-order valence-corrected chi connectivity index (χ3v) is 3.12. The van der Waals surface area contributed by atoms with Crippen LogP contribution in [0, 0.1) is 0 Å². The summed E-state index contributed by atoms with van der Waals surface area (Å²) in [7, 11) is 0. The molecule has 0 fully saturated rings. The molecule has 0 aromatic heterocycles. The zero-order chi connectivity index (χ0) is 19.8. The SMILES string of the molecule is CC(=O)Nc1cccc(NC(=O)COC(=O)c2ccc(OC(F)F)cc2)c1. The average Bonchev–Trinajstić information content (AvgIpc) is 2.59. The zero-order valence-corrected chi connectivity index (χ0v) is 14.2. The first kappa shape index (κ1) is 19.8. The van der Waals surface area contributed by atoms with E-state index >= 15 is 0 Å². The topological polar surface area (TPSA) is 93.7 Å². The summed E-state index contributed by atoms with van der Waals surface area (Å²) in [5, 5.41) is 5.10. The number of anilines is 2. The Kier molecular flexibility index (Phi) is 6.81. The Bertz CT molecular complexity index is 825. The number of ether oxygens (including phenoxy) is 2. The summed E-state index contributed by atoms with van der Waals surface area (Å²) in [5.41, 5.74) is 0.997. The molecule has 0 aliphatic heterocycles. The van der Waals surface area contributed by atoms with Crippen LogP contribution in [0.4, 0.5) is 20.2 Å². The van der Waals surface area contributed by atoms with E-state index in [0.29, 0.717) is 11.4 Å². The predicted molar refractivity (Wildman–Crippen MR) is 92.7 cm³/mol. The minimum absolute atomic E-state index is 0.0806. The Morgan fingerprint density at radius 2 is 1.63 bits per heavy atom. The first-order chi connectivity index (χ1) is 12.8. The van der Waals surface area contributed by atoms with Crippen molar-refractivity contribution in [1.29, 1.82) is 0 Å². The van der Waals surface area contributed by atoms with Gasteiger partial charge in [-0.05, 0) is 42.5 Å². The highest BCUT2D eigenvalue weighted by molar-refractivity contribution is 5.96. The van der Waals surface area contributed by atoms with Crippen LogP contribution in [-0.2, 0) is 14.3 Å². The normalized spacial score (nSPS) is 10.2. The number of hydrogen-bond acceptors (Lipinski definition) is 5. The van der Waals surface area contributed by atoms with E-state index in [2.05, 4.69) is 15.4 Å². The maximum Gasteiger partial charge on any atom is 0.387 e. The van der Waals surface area contributed by atoms with E-state index in [1.165, 1.54) is 31.2 Å². The molecule has 27 heavy (non-hydrogen) atoms. The second-order valence-electron chi connectivity index (χ2n) is 5.29. The van der Waals surface area contributed by atoms with Gasteiger partial charge in [-0.2, -0.15) is 8.78 Å². The third-order valence-electron chi connectivity index (χ3n) is 3.12. The zero-order valence-electron chi connectivity index (χ0n) is 14.2. The quantitative estimate of drug-likeness (QED) is 0.723. The molecule has 0 saturated heterocycles. The van der Waals surface area contributed by atoms with Gasteiger partial charge in [-0.25, -0.2) is 4.79 Å². The van der Waals surface area contributed by atoms with Gasteiger partial charge in [0.2, 0.25) is 5.91 Å². The molecule has 9 heteroatoms. The smallest absolute Gasteiger partial charge is 0.387 e. The van der Waals surface area contributed by atoms with Crippen molar-refractivity contribution in [2.24, 2.45) is 0 Å². The summed E-state index contributed by atoms with van der Waals surface area (Å²) >= 11 is 0. The van der Waals surface area contributed by atoms with Crippen molar-refractivity contribution in [1.82, 2.24) is 0 Å². The molecular formula is C18H16F2N2O5. The molecule has 0 saturated carbocycles. The van der Waals surface area contributed by atoms with Crippen molar-refractivity contribution < 1.29 is 32.6 Å². The Morgan fingerprint density at radius 3 is 2.22 bits per heavy atom. The number of halogens is 2. The van der Waals surface area contributed by atoms with Gasteiger partial charge in [0.05, 0.1) is 5.56 Å². The van der Waals surface area contributed by atoms with E-state index in [1.807, 2.05) is 0 Å². The average molecular weight is 378 g/mol. The number of rotatable bonds is 7. The van der Waals surface area contributed by atoms with Crippen molar-refractivity contribution in [3.05, 3.63) is 54.1 Å². The van der Waals surface area contributed by atoms with Gasteiger partial charge in [0.25, 0.3) is 5.91 Å². The van der Waals surface area contributed by atoms with Crippen LogP contribution >= 0.6 is 0 Å². The molecule has 2 aromatic rings. The van der Waals surface area contributed by atoms with E-state index in [-0.39, 0.29) is 17.2 Å². The second kappa shape index (κ2) is 9.27. The summed E-state index contributed by atoms with van der Waals surface area (Å²) in [6.45, 7) is -2.15. The lowest BCUT2D eigenvalue weighted by Crippen LogP contribution is -2.21. The fourth-order valence-electron chi connectivity index (χ4n) is 2.06. The van der Waals surface area contributed by atoms with Crippen molar-refractivity contribution >= 4 is 29.2 Å². The molecule has 0 unspecified atom stereocenters. The van der Waals surface area contributed by atoms with E-state index in [9.17, 15) is 23.2 Å². The highest BCUT2D eigenvalue weighted by atomic mass is 19.3. The summed E-state index contributed by atoms with van der Waals surface area (Å²) in [6, 6.07) is 11.3. The molecule has 142 valence electrons.